The number of carbonyl (C=O) groups is 1. The molecular weight excluding hydrogens is 363 g/mol. The molecule has 0 aliphatic carbocycles. The number of aryl methyl sites for hydroxylation is 1. The van der Waals surface area contributed by atoms with Crippen molar-refractivity contribution >= 4 is 39.0 Å². The topological polar surface area (TPSA) is 51.2 Å². The van der Waals surface area contributed by atoms with Crippen molar-refractivity contribution in [2.75, 3.05) is 5.32 Å². The largest absolute Gasteiger partial charge is 0.456 e. The van der Waals surface area contributed by atoms with Crippen LogP contribution in [-0.2, 0) is 4.74 Å². The van der Waals surface area contributed by atoms with Crippen LogP contribution in [-0.4, -0.2) is 15.9 Å². The number of rotatable bonds is 3. The summed E-state index contributed by atoms with van der Waals surface area (Å²) in [6.45, 7) is 11.2. The number of esters is 1. The average molecular weight is 389 g/mol. The summed E-state index contributed by atoms with van der Waals surface area (Å²) in [5, 5.41) is 3.94. The number of nitrogens with zero attached hydrogens (tertiary/aromatic N) is 1. The normalized spacial score (nSPS) is 10.9. The molecule has 6 heteroatoms. The van der Waals surface area contributed by atoms with Gasteiger partial charge in [-0.1, -0.05) is 26.0 Å². The highest BCUT2D eigenvalue weighted by Gasteiger charge is 2.23. The van der Waals surface area contributed by atoms with Crippen LogP contribution < -0.4 is 5.32 Å². The second kappa shape index (κ2) is 8.48. The highest BCUT2D eigenvalue weighted by molar-refractivity contribution is 7.14. The van der Waals surface area contributed by atoms with E-state index in [4.69, 9.17) is 4.74 Å². The van der Waals surface area contributed by atoms with E-state index >= 15 is 0 Å². The van der Waals surface area contributed by atoms with Crippen molar-refractivity contribution in [2.45, 2.75) is 47.1 Å². The molecule has 1 aromatic heterocycles. The van der Waals surface area contributed by atoms with Gasteiger partial charge in [0.05, 0.1) is 21.6 Å². The molecule has 0 spiro atoms. The van der Waals surface area contributed by atoms with E-state index < -0.39 is 11.6 Å². The van der Waals surface area contributed by atoms with Crippen molar-refractivity contribution in [3.63, 3.8) is 0 Å². The third-order valence-corrected chi connectivity index (χ3v) is 4.36. The van der Waals surface area contributed by atoms with Crippen LogP contribution in [0.2, 0.25) is 0 Å². The van der Waals surface area contributed by atoms with E-state index in [1.807, 2.05) is 53.7 Å². The number of anilines is 2. The monoisotopic (exact) mass is 388 g/mol. The van der Waals surface area contributed by atoms with Crippen LogP contribution in [0.25, 0.3) is 10.1 Å². The van der Waals surface area contributed by atoms with E-state index in [0.717, 1.165) is 15.6 Å². The molecule has 27 heavy (non-hydrogen) atoms. The number of halogens is 1. The smallest absolute Gasteiger partial charge is 0.340 e. The summed E-state index contributed by atoms with van der Waals surface area (Å²) in [7, 11) is 0. The number of nitrogens with one attached hydrogen (secondary N) is 1. The molecule has 0 aliphatic heterocycles. The van der Waals surface area contributed by atoms with Crippen molar-refractivity contribution in [1.82, 2.24) is 4.37 Å². The van der Waals surface area contributed by atoms with Crippen LogP contribution in [0.4, 0.5) is 15.8 Å². The van der Waals surface area contributed by atoms with Crippen molar-refractivity contribution in [3.8, 4) is 0 Å². The number of aromatic nitrogens is 1. The molecule has 0 bridgehead atoms. The molecule has 0 unspecified atom stereocenters. The molecule has 1 heterocycles. The van der Waals surface area contributed by atoms with Gasteiger partial charge in [0, 0.05) is 11.6 Å². The Kier molecular flexibility index (Phi) is 6.54. The van der Waals surface area contributed by atoms with Crippen molar-refractivity contribution in [1.29, 1.82) is 0 Å². The quantitative estimate of drug-likeness (QED) is 0.523. The second-order valence-corrected chi connectivity index (χ2v) is 7.64. The third kappa shape index (κ3) is 5.04. The summed E-state index contributed by atoms with van der Waals surface area (Å²) in [5.41, 5.74) is 1.37. The predicted molar refractivity (Wildman–Crippen MR) is 111 cm³/mol. The summed E-state index contributed by atoms with van der Waals surface area (Å²) in [5.74, 6) is -0.838. The zero-order valence-corrected chi connectivity index (χ0v) is 17.3. The maximum atomic E-state index is 14.3. The van der Waals surface area contributed by atoms with E-state index in [0.29, 0.717) is 16.9 Å². The van der Waals surface area contributed by atoms with Crippen LogP contribution in [0.15, 0.2) is 36.5 Å². The van der Waals surface area contributed by atoms with E-state index in [1.165, 1.54) is 17.6 Å². The highest BCUT2D eigenvalue weighted by atomic mass is 32.1. The van der Waals surface area contributed by atoms with Gasteiger partial charge in [-0.05, 0) is 63.0 Å². The molecular formula is C21H25FN2O2S. The van der Waals surface area contributed by atoms with Crippen LogP contribution >= 0.6 is 11.5 Å². The first-order valence-corrected chi connectivity index (χ1v) is 9.66. The molecule has 0 aliphatic rings. The molecule has 0 saturated carbocycles. The van der Waals surface area contributed by atoms with Gasteiger partial charge in [-0.2, -0.15) is 4.37 Å². The predicted octanol–water partition coefficient (Wildman–Crippen LogP) is 6.47. The van der Waals surface area contributed by atoms with Gasteiger partial charge in [-0.3, -0.25) is 0 Å². The van der Waals surface area contributed by atoms with Gasteiger partial charge in [-0.15, -0.1) is 0 Å². The van der Waals surface area contributed by atoms with Crippen molar-refractivity contribution < 1.29 is 13.9 Å². The second-order valence-electron chi connectivity index (χ2n) is 6.84. The maximum Gasteiger partial charge on any atom is 0.340 e. The Morgan fingerprint density at radius 2 is 1.89 bits per heavy atom. The molecule has 144 valence electrons. The minimum atomic E-state index is -0.619. The van der Waals surface area contributed by atoms with Gasteiger partial charge < -0.3 is 10.1 Å². The van der Waals surface area contributed by atoms with Crippen LogP contribution in [0, 0.1) is 12.7 Å². The van der Waals surface area contributed by atoms with Gasteiger partial charge in [0.15, 0.2) is 0 Å². The molecule has 2 aromatic carbocycles. The summed E-state index contributed by atoms with van der Waals surface area (Å²) in [6, 6.07) is 8.41. The molecule has 0 atom stereocenters. The Morgan fingerprint density at radius 1 is 1.19 bits per heavy atom. The number of ether oxygens (including phenoxy) is 1. The molecule has 0 radical (unpaired) electrons. The minimum absolute atomic E-state index is 0.302. The SMILES string of the molecule is CC.Cc1ccc(Nc2c(C(=O)OC(C)(C)C)ccc3cnsc23)c(F)c1. The fraction of sp³-hybridized carbons (Fsp3) is 0.333. The molecule has 3 aromatic rings. The Morgan fingerprint density at radius 3 is 2.52 bits per heavy atom. The summed E-state index contributed by atoms with van der Waals surface area (Å²) in [4.78, 5) is 12.6. The number of benzene rings is 2. The summed E-state index contributed by atoms with van der Waals surface area (Å²) in [6.07, 6.45) is 1.72. The van der Waals surface area contributed by atoms with E-state index in [1.54, 1.807) is 18.3 Å². The van der Waals surface area contributed by atoms with E-state index in [-0.39, 0.29) is 5.82 Å². The first-order chi connectivity index (χ1) is 12.7. The lowest BCUT2D eigenvalue weighted by Gasteiger charge is -2.21. The lowest BCUT2D eigenvalue weighted by molar-refractivity contribution is 0.00709. The number of carbonyl (C=O) groups excluding carboxylic acids is 1. The van der Waals surface area contributed by atoms with Crippen LogP contribution in [0.3, 0.4) is 0 Å². The standard InChI is InChI=1S/C19H19FN2O2S.C2H6/c1-11-5-8-15(14(20)9-11)22-16-13(18(23)24-19(2,3)4)7-6-12-10-21-25-17(12)16;1-2/h5-10,22H,1-4H3;1-2H3. The maximum absolute atomic E-state index is 14.3. The number of hydrogen-bond donors (Lipinski definition) is 1. The molecule has 0 amide bonds. The first-order valence-electron chi connectivity index (χ1n) is 8.88. The summed E-state index contributed by atoms with van der Waals surface area (Å²) >= 11 is 1.25. The zero-order chi connectivity index (χ0) is 20.2. The Bertz CT molecular complexity index is 945. The number of fused-ring (bicyclic) bond motifs is 1. The Labute approximate surface area is 163 Å². The van der Waals surface area contributed by atoms with Gasteiger partial charge >= 0.3 is 5.97 Å². The minimum Gasteiger partial charge on any atom is -0.456 e. The van der Waals surface area contributed by atoms with Crippen molar-refractivity contribution in [2.24, 2.45) is 0 Å². The molecule has 1 N–H and O–H groups in total. The van der Waals surface area contributed by atoms with Gasteiger partial charge in [0.2, 0.25) is 0 Å². The molecule has 4 nitrogen and oxygen atoms in total. The highest BCUT2D eigenvalue weighted by Crippen LogP contribution is 2.34. The number of hydrogen-bond acceptors (Lipinski definition) is 5. The summed E-state index contributed by atoms with van der Waals surface area (Å²) < 4.78 is 24.7. The fourth-order valence-electron chi connectivity index (χ4n) is 2.42. The van der Waals surface area contributed by atoms with Gasteiger partial charge in [-0.25, -0.2) is 9.18 Å². The van der Waals surface area contributed by atoms with Gasteiger partial charge in [0.25, 0.3) is 0 Å². The van der Waals surface area contributed by atoms with Crippen LogP contribution in [0.1, 0.15) is 50.5 Å². The van der Waals surface area contributed by atoms with E-state index in [9.17, 15) is 9.18 Å². The Hall–Kier alpha value is -2.47. The fourth-order valence-corrected chi connectivity index (χ4v) is 3.17. The molecule has 0 fully saturated rings. The van der Waals surface area contributed by atoms with Crippen LogP contribution in [0.5, 0.6) is 0 Å². The van der Waals surface area contributed by atoms with Crippen molar-refractivity contribution in [3.05, 3.63) is 53.5 Å². The zero-order valence-electron chi connectivity index (χ0n) is 16.5. The average Bonchev–Trinajstić information content (AvgIpc) is 3.06. The molecule has 3 rings (SSSR count). The lowest BCUT2D eigenvalue weighted by Crippen LogP contribution is -2.24. The Balaban J connectivity index is 0.00000126. The molecule has 0 saturated heterocycles. The third-order valence-electron chi connectivity index (χ3n) is 3.53. The van der Waals surface area contributed by atoms with Gasteiger partial charge in [0.1, 0.15) is 11.4 Å². The lowest BCUT2D eigenvalue weighted by atomic mass is 10.1. The van der Waals surface area contributed by atoms with E-state index in [2.05, 4.69) is 9.69 Å². The first kappa shape index (κ1) is 20.8.